The van der Waals surface area contributed by atoms with E-state index < -0.39 is 0 Å². The number of rotatable bonds is 3. The molecule has 14 heavy (non-hydrogen) atoms. The molecule has 0 saturated carbocycles. The van der Waals surface area contributed by atoms with E-state index in [9.17, 15) is 0 Å². The first-order chi connectivity index (χ1) is 6.95. The van der Waals surface area contributed by atoms with Gasteiger partial charge in [-0.25, -0.2) is 0 Å². The van der Waals surface area contributed by atoms with Gasteiger partial charge in [0.15, 0.2) is 6.29 Å². The zero-order valence-corrected chi connectivity index (χ0v) is 8.06. The van der Waals surface area contributed by atoms with Crippen molar-refractivity contribution < 1.29 is 9.47 Å². The molecule has 0 fully saturated rings. The molecule has 0 radical (unpaired) electrons. The van der Waals surface area contributed by atoms with Crippen molar-refractivity contribution in [3.05, 3.63) is 48.0 Å². The largest absolute Gasteiger partial charge is 0.349 e. The van der Waals surface area contributed by atoms with Crippen molar-refractivity contribution in [2.45, 2.75) is 19.3 Å². The minimum Gasteiger partial charge on any atom is -0.349 e. The van der Waals surface area contributed by atoms with E-state index in [-0.39, 0.29) is 6.29 Å². The SMILES string of the molecule is C1=C[C@@H](OCc2ccccc2)OCC1. The number of hydrogen-bond acceptors (Lipinski definition) is 2. The van der Waals surface area contributed by atoms with Crippen molar-refractivity contribution in [2.24, 2.45) is 0 Å². The van der Waals surface area contributed by atoms with Crippen LogP contribution in [0.15, 0.2) is 42.5 Å². The van der Waals surface area contributed by atoms with Crippen LogP contribution in [0.3, 0.4) is 0 Å². The summed E-state index contributed by atoms with van der Waals surface area (Å²) >= 11 is 0. The Morgan fingerprint density at radius 2 is 2.14 bits per heavy atom. The van der Waals surface area contributed by atoms with E-state index in [1.54, 1.807) is 0 Å². The molecule has 0 aliphatic carbocycles. The van der Waals surface area contributed by atoms with E-state index in [2.05, 4.69) is 6.08 Å². The Labute approximate surface area is 84.2 Å². The van der Waals surface area contributed by atoms with Crippen LogP contribution in [0.25, 0.3) is 0 Å². The van der Waals surface area contributed by atoms with Gasteiger partial charge in [-0.05, 0) is 18.1 Å². The maximum atomic E-state index is 5.56. The van der Waals surface area contributed by atoms with Gasteiger partial charge in [0.05, 0.1) is 13.2 Å². The van der Waals surface area contributed by atoms with Crippen molar-refractivity contribution in [1.29, 1.82) is 0 Å². The Hall–Kier alpha value is -1.12. The van der Waals surface area contributed by atoms with Crippen LogP contribution in [-0.2, 0) is 16.1 Å². The third-order valence-electron chi connectivity index (χ3n) is 2.12. The molecule has 0 aromatic heterocycles. The van der Waals surface area contributed by atoms with Gasteiger partial charge < -0.3 is 9.47 Å². The van der Waals surface area contributed by atoms with Crippen LogP contribution in [0, 0.1) is 0 Å². The van der Waals surface area contributed by atoms with Gasteiger partial charge in [0.25, 0.3) is 0 Å². The highest BCUT2D eigenvalue weighted by molar-refractivity contribution is 5.13. The summed E-state index contributed by atoms with van der Waals surface area (Å²) in [5.74, 6) is 0. The van der Waals surface area contributed by atoms with E-state index in [4.69, 9.17) is 9.47 Å². The van der Waals surface area contributed by atoms with Crippen LogP contribution in [0.1, 0.15) is 12.0 Å². The number of ether oxygens (including phenoxy) is 2. The lowest BCUT2D eigenvalue weighted by molar-refractivity contribution is -0.122. The Balaban J connectivity index is 1.82. The quantitative estimate of drug-likeness (QED) is 0.682. The number of benzene rings is 1. The van der Waals surface area contributed by atoms with Gasteiger partial charge in [0.1, 0.15) is 0 Å². The Bertz CT molecular complexity index is 292. The highest BCUT2D eigenvalue weighted by Crippen LogP contribution is 2.09. The fraction of sp³-hybridized carbons (Fsp3) is 0.333. The molecule has 2 heteroatoms. The topological polar surface area (TPSA) is 18.5 Å². The van der Waals surface area contributed by atoms with Gasteiger partial charge in [-0.3, -0.25) is 0 Å². The van der Waals surface area contributed by atoms with Crippen molar-refractivity contribution in [3.8, 4) is 0 Å². The van der Waals surface area contributed by atoms with E-state index in [0.717, 1.165) is 13.0 Å². The summed E-state index contributed by atoms with van der Waals surface area (Å²) in [4.78, 5) is 0. The Kier molecular flexibility index (Phi) is 3.33. The third-order valence-corrected chi connectivity index (χ3v) is 2.12. The average molecular weight is 190 g/mol. The van der Waals surface area contributed by atoms with Crippen LogP contribution in [0.4, 0.5) is 0 Å². The summed E-state index contributed by atoms with van der Waals surface area (Å²) in [5, 5.41) is 0. The molecule has 1 atom stereocenters. The lowest BCUT2D eigenvalue weighted by atomic mass is 10.2. The van der Waals surface area contributed by atoms with Crippen molar-refractivity contribution in [3.63, 3.8) is 0 Å². The molecule has 74 valence electrons. The Morgan fingerprint density at radius 1 is 1.29 bits per heavy atom. The summed E-state index contributed by atoms with van der Waals surface area (Å²) in [6.45, 7) is 1.37. The minimum absolute atomic E-state index is 0.163. The van der Waals surface area contributed by atoms with Crippen molar-refractivity contribution in [2.75, 3.05) is 6.61 Å². The molecule has 2 nitrogen and oxygen atoms in total. The summed E-state index contributed by atoms with van der Waals surface area (Å²) < 4.78 is 11.0. The molecule has 1 aromatic carbocycles. The predicted octanol–water partition coefficient (Wildman–Crippen LogP) is 2.51. The van der Waals surface area contributed by atoms with E-state index in [1.165, 1.54) is 5.56 Å². The summed E-state index contributed by atoms with van der Waals surface area (Å²) in [6.07, 6.45) is 4.89. The van der Waals surface area contributed by atoms with Crippen molar-refractivity contribution in [1.82, 2.24) is 0 Å². The lowest BCUT2D eigenvalue weighted by Crippen LogP contribution is -2.17. The zero-order valence-electron chi connectivity index (χ0n) is 8.06. The summed E-state index contributed by atoms with van der Waals surface area (Å²) in [6, 6.07) is 10.1. The average Bonchev–Trinajstić information content (AvgIpc) is 2.29. The van der Waals surface area contributed by atoms with Crippen LogP contribution in [0.2, 0.25) is 0 Å². The predicted molar refractivity (Wildman–Crippen MR) is 54.7 cm³/mol. The minimum atomic E-state index is -0.163. The molecular formula is C12H14O2. The molecule has 1 aliphatic rings. The first-order valence-corrected chi connectivity index (χ1v) is 4.89. The first-order valence-electron chi connectivity index (χ1n) is 4.89. The van der Waals surface area contributed by atoms with Gasteiger partial charge in [-0.1, -0.05) is 36.4 Å². The van der Waals surface area contributed by atoms with E-state index in [1.807, 2.05) is 36.4 Å². The van der Waals surface area contributed by atoms with Crippen LogP contribution in [0.5, 0.6) is 0 Å². The number of hydrogen-bond donors (Lipinski definition) is 0. The summed E-state index contributed by atoms with van der Waals surface area (Å²) in [5.41, 5.74) is 1.18. The van der Waals surface area contributed by atoms with Crippen LogP contribution < -0.4 is 0 Å². The van der Waals surface area contributed by atoms with Crippen molar-refractivity contribution >= 4 is 0 Å². The molecule has 0 unspecified atom stereocenters. The van der Waals surface area contributed by atoms with Crippen LogP contribution >= 0.6 is 0 Å². The molecule has 1 aromatic rings. The van der Waals surface area contributed by atoms with Gasteiger partial charge in [0.2, 0.25) is 0 Å². The second-order valence-corrected chi connectivity index (χ2v) is 3.25. The molecule has 0 amide bonds. The van der Waals surface area contributed by atoms with E-state index >= 15 is 0 Å². The molecule has 0 bridgehead atoms. The molecular weight excluding hydrogens is 176 g/mol. The molecule has 1 aliphatic heterocycles. The second kappa shape index (κ2) is 4.94. The molecule has 2 rings (SSSR count). The van der Waals surface area contributed by atoms with Gasteiger partial charge in [-0.2, -0.15) is 0 Å². The highest BCUT2D eigenvalue weighted by atomic mass is 16.7. The smallest absolute Gasteiger partial charge is 0.177 e. The lowest BCUT2D eigenvalue weighted by Gasteiger charge is -2.17. The standard InChI is InChI=1S/C12H14O2/c1-2-6-11(7-3-1)10-14-12-8-4-5-9-13-12/h1-4,6-8,12H,5,9-10H2/t12-/m1/s1. The fourth-order valence-electron chi connectivity index (χ4n) is 1.37. The van der Waals surface area contributed by atoms with Crippen LogP contribution in [-0.4, -0.2) is 12.9 Å². The first kappa shape index (κ1) is 9.44. The zero-order chi connectivity index (χ0) is 9.64. The van der Waals surface area contributed by atoms with E-state index in [0.29, 0.717) is 6.61 Å². The third kappa shape index (κ3) is 2.69. The van der Waals surface area contributed by atoms with Gasteiger partial charge in [0, 0.05) is 0 Å². The maximum absolute atomic E-state index is 5.56. The maximum Gasteiger partial charge on any atom is 0.177 e. The van der Waals surface area contributed by atoms with Gasteiger partial charge in [-0.15, -0.1) is 0 Å². The summed E-state index contributed by atoms with van der Waals surface area (Å²) in [7, 11) is 0. The van der Waals surface area contributed by atoms with Gasteiger partial charge >= 0.3 is 0 Å². The normalized spacial score (nSPS) is 21.0. The monoisotopic (exact) mass is 190 g/mol. The molecule has 0 saturated heterocycles. The fourth-order valence-corrected chi connectivity index (χ4v) is 1.37. The highest BCUT2D eigenvalue weighted by Gasteiger charge is 2.07. The Morgan fingerprint density at radius 3 is 2.86 bits per heavy atom. The molecule has 0 spiro atoms. The molecule has 0 N–H and O–H groups in total. The second-order valence-electron chi connectivity index (χ2n) is 3.25. The molecule has 1 heterocycles.